The predicted molar refractivity (Wildman–Crippen MR) is 47.0 cm³/mol. The van der Waals surface area contributed by atoms with Gasteiger partial charge in [0.1, 0.15) is 5.01 Å². The zero-order valence-electron chi connectivity index (χ0n) is 6.34. The lowest BCUT2D eigenvalue weighted by Crippen LogP contribution is -1.90. The molecular formula is C7H10ClNOS. The van der Waals surface area contributed by atoms with Crippen molar-refractivity contribution >= 4 is 22.9 Å². The van der Waals surface area contributed by atoms with Gasteiger partial charge < -0.3 is 4.74 Å². The molecule has 1 aromatic rings. The summed E-state index contributed by atoms with van der Waals surface area (Å²) in [5.74, 6) is 0.489. The number of hydrogen-bond donors (Lipinski definition) is 0. The zero-order chi connectivity index (χ0) is 8.10. The summed E-state index contributed by atoms with van der Waals surface area (Å²) in [5.41, 5.74) is 0.936. The van der Waals surface area contributed by atoms with Gasteiger partial charge in [-0.1, -0.05) is 0 Å². The van der Waals surface area contributed by atoms with Crippen LogP contribution in [0.2, 0.25) is 0 Å². The molecule has 0 spiro atoms. The van der Waals surface area contributed by atoms with Gasteiger partial charge in [0.05, 0.1) is 18.2 Å². The first-order valence-corrected chi connectivity index (χ1v) is 4.85. The molecule has 0 fully saturated rings. The van der Waals surface area contributed by atoms with Gasteiger partial charge in [-0.05, 0) is 6.92 Å². The van der Waals surface area contributed by atoms with Crippen LogP contribution in [0, 0.1) is 0 Å². The summed E-state index contributed by atoms with van der Waals surface area (Å²) in [4.78, 5) is 4.23. The van der Waals surface area contributed by atoms with Crippen LogP contribution >= 0.6 is 22.9 Å². The van der Waals surface area contributed by atoms with Crippen molar-refractivity contribution in [1.29, 1.82) is 0 Å². The zero-order valence-corrected chi connectivity index (χ0v) is 7.91. The largest absolute Gasteiger partial charge is 0.375 e. The number of nitrogens with zero attached hydrogens (tertiary/aromatic N) is 1. The molecule has 0 N–H and O–H groups in total. The Hall–Kier alpha value is -0.120. The van der Waals surface area contributed by atoms with Crippen LogP contribution in [0.15, 0.2) is 5.38 Å². The number of aromatic nitrogens is 1. The second kappa shape index (κ2) is 4.70. The van der Waals surface area contributed by atoms with E-state index < -0.39 is 0 Å². The van der Waals surface area contributed by atoms with E-state index in [-0.39, 0.29) is 0 Å². The quantitative estimate of drug-likeness (QED) is 0.682. The molecule has 62 valence electrons. The molecule has 0 unspecified atom stereocenters. The summed E-state index contributed by atoms with van der Waals surface area (Å²) in [6.07, 6.45) is 0. The second-order valence-corrected chi connectivity index (χ2v) is 3.21. The topological polar surface area (TPSA) is 22.1 Å². The Bertz CT molecular complexity index is 214. The highest BCUT2D eigenvalue weighted by Crippen LogP contribution is 2.12. The van der Waals surface area contributed by atoms with Crippen LogP contribution in [-0.4, -0.2) is 11.6 Å². The molecule has 0 saturated heterocycles. The van der Waals surface area contributed by atoms with Gasteiger partial charge in [0.25, 0.3) is 0 Å². The summed E-state index contributed by atoms with van der Waals surface area (Å²) < 4.78 is 5.18. The van der Waals surface area contributed by atoms with Crippen LogP contribution in [0.4, 0.5) is 0 Å². The van der Waals surface area contributed by atoms with E-state index in [4.69, 9.17) is 16.3 Å². The summed E-state index contributed by atoms with van der Waals surface area (Å²) in [7, 11) is 0. The third-order valence-electron chi connectivity index (χ3n) is 1.17. The summed E-state index contributed by atoms with van der Waals surface area (Å²) in [5, 5.41) is 2.96. The minimum atomic E-state index is 0.489. The number of alkyl halides is 1. The van der Waals surface area contributed by atoms with Gasteiger partial charge in [0.2, 0.25) is 0 Å². The molecule has 11 heavy (non-hydrogen) atoms. The van der Waals surface area contributed by atoms with E-state index in [0.717, 1.165) is 17.3 Å². The Morgan fingerprint density at radius 2 is 2.55 bits per heavy atom. The van der Waals surface area contributed by atoms with Crippen molar-refractivity contribution in [1.82, 2.24) is 4.98 Å². The molecule has 0 aromatic carbocycles. The molecule has 0 saturated carbocycles. The monoisotopic (exact) mass is 191 g/mol. The average Bonchev–Trinajstić information content (AvgIpc) is 2.48. The normalized spacial score (nSPS) is 10.4. The van der Waals surface area contributed by atoms with E-state index in [1.54, 1.807) is 11.3 Å². The van der Waals surface area contributed by atoms with Crippen molar-refractivity contribution in [3.63, 3.8) is 0 Å². The first-order chi connectivity index (χ1) is 5.36. The highest BCUT2D eigenvalue weighted by atomic mass is 35.5. The van der Waals surface area contributed by atoms with Crippen LogP contribution in [0.1, 0.15) is 17.6 Å². The number of ether oxygens (including phenoxy) is 1. The minimum absolute atomic E-state index is 0.489. The van der Waals surface area contributed by atoms with Crippen molar-refractivity contribution in [2.45, 2.75) is 19.4 Å². The fourth-order valence-corrected chi connectivity index (χ4v) is 1.62. The van der Waals surface area contributed by atoms with Gasteiger partial charge >= 0.3 is 0 Å². The first kappa shape index (κ1) is 8.97. The maximum Gasteiger partial charge on any atom is 0.119 e. The highest BCUT2D eigenvalue weighted by molar-refractivity contribution is 7.09. The molecule has 0 bridgehead atoms. The maximum absolute atomic E-state index is 5.58. The molecule has 1 rings (SSSR count). The summed E-state index contributed by atoms with van der Waals surface area (Å²) in [6.45, 7) is 3.31. The Labute approximate surface area is 75.2 Å². The van der Waals surface area contributed by atoms with E-state index >= 15 is 0 Å². The van der Waals surface area contributed by atoms with Gasteiger partial charge in [-0.2, -0.15) is 0 Å². The predicted octanol–water partition coefficient (Wildman–Crippen LogP) is 2.42. The van der Waals surface area contributed by atoms with Gasteiger partial charge in [-0.15, -0.1) is 22.9 Å². The molecule has 0 aliphatic heterocycles. The van der Waals surface area contributed by atoms with E-state index in [1.807, 2.05) is 12.3 Å². The van der Waals surface area contributed by atoms with Crippen LogP contribution in [0.5, 0.6) is 0 Å². The van der Waals surface area contributed by atoms with E-state index in [2.05, 4.69) is 4.98 Å². The molecule has 4 heteroatoms. The van der Waals surface area contributed by atoms with Crippen LogP contribution < -0.4 is 0 Å². The van der Waals surface area contributed by atoms with Crippen LogP contribution in [0.3, 0.4) is 0 Å². The molecule has 1 heterocycles. The van der Waals surface area contributed by atoms with E-state index in [9.17, 15) is 0 Å². The Balaban J connectivity index is 2.44. The number of rotatable bonds is 4. The number of hydrogen-bond acceptors (Lipinski definition) is 3. The third-order valence-corrected chi connectivity index (χ3v) is 2.31. The van der Waals surface area contributed by atoms with E-state index in [1.165, 1.54) is 0 Å². The molecule has 0 atom stereocenters. The fraction of sp³-hybridized carbons (Fsp3) is 0.571. The molecular weight excluding hydrogens is 182 g/mol. The van der Waals surface area contributed by atoms with Gasteiger partial charge in [0, 0.05) is 12.0 Å². The lowest BCUT2D eigenvalue weighted by atomic mass is 10.6. The Kier molecular flexibility index (Phi) is 3.83. The maximum atomic E-state index is 5.58. The lowest BCUT2D eigenvalue weighted by Gasteiger charge is -1.94. The van der Waals surface area contributed by atoms with Gasteiger partial charge in [0.15, 0.2) is 0 Å². The highest BCUT2D eigenvalue weighted by Gasteiger charge is 1.99. The molecule has 0 aliphatic rings. The summed E-state index contributed by atoms with van der Waals surface area (Å²) in [6, 6.07) is 0. The standard InChI is InChI=1S/C7H10ClNOS/c1-2-10-4-7-9-6(3-8)5-11-7/h5H,2-4H2,1H3. The molecule has 0 radical (unpaired) electrons. The van der Waals surface area contributed by atoms with Crippen LogP contribution in [-0.2, 0) is 17.2 Å². The Morgan fingerprint density at radius 1 is 1.73 bits per heavy atom. The fourth-order valence-electron chi connectivity index (χ4n) is 0.666. The van der Waals surface area contributed by atoms with Crippen LogP contribution in [0.25, 0.3) is 0 Å². The van der Waals surface area contributed by atoms with Crippen molar-refractivity contribution < 1.29 is 4.74 Å². The van der Waals surface area contributed by atoms with Crippen molar-refractivity contribution in [3.05, 3.63) is 16.1 Å². The molecule has 0 aliphatic carbocycles. The van der Waals surface area contributed by atoms with E-state index in [0.29, 0.717) is 12.5 Å². The van der Waals surface area contributed by atoms with Gasteiger partial charge in [-0.25, -0.2) is 4.98 Å². The SMILES string of the molecule is CCOCc1nc(CCl)cs1. The van der Waals surface area contributed by atoms with Crippen molar-refractivity contribution in [2.24, 2.45) is 0 Å². The second-order valence-electron chi connectivity index (χ2n) is 2.00. The van der Waals surface area contributed by atoms with Gasteiger partial charge in [-0.3, -0.25) is 0 Å². The molecule has 0 amide bonds. The Morgan fingerprint density at radius 3 is 3.09 bits per heavy atom. The minimum Gasteiger partial charge on any atom is -0.375 e. The van der Waals surface area contributed by atoms with Crippen molar-refractivity contribution in [3.8, 4) is 0 Å². The average molecular weight is 192 g/mol. The molecule has 1 aromatic heterocycles. The first-order valence-electron chi connectivity index (χ1n) is 3.43. The van der Waals surface area contributed by atoms with Crippen molar-refractivity contribution in [2.75, 3.05) is 6.61 Å². The summed E-state index contributed by atoms with van der Waals surface area (Å²) >= 11 is 7.17. The smallest absolute Gasteiger partial charge is 0.119 e. The third kappa shape index (κ3) is 2.77. The molecule has 2 nitrogen and oxygen atoms in total. The number of thiazole rings is 1. The lowest BCUT2D eigenvalue weighted by molar-refractivity contribution is 0.134. The number of halogens is 1.